The lowest BCUT2D eigenvalue weighted by molar-refractivity contribution is -0.183. The molecule has 0 aliphatic heterocycles. The number of rotatable bonds is 24. The van der Waals surface area contributed by atoms with Gasteiger partial charge in [-0.3, -0.25) is 9.59 Å². The van der Waals surface area contributed by atoms with Gasteiger partial charge in [-0.1, -0.05) is 83.3 Å². The molecule has 0 amide bonds. The number of hydrogen-bond donors (Lipinski definition) is 5. The number of hydrogen-bond acceptors (Lipinski definition) is 7. The molecule has 0 aliphatic rings. The smallest absolute Gasteiger partial charge is 0.337 e. The summed E-state index contributed by atoms with van der Waals surface area (Å²) < 4.78 is 4.84. The van der Waals surface area contributed by atoms with Crippen molar-refractivity contribution in [2.24, 2.45) is 5.92 Å². The summed E-state index contributed by atoms with van der Waals surface area (Å²) in [6, 6.07) is 0. The molecule has 0 radical (unpaired) electrons. The fourth-order valence-electron chi connectivity index (χ4n) is 4.06. The van der Waals surface area contributed by atoms with Crippen molar-refractivity contribution in [1.29, 1.82) is 0 Å². The molecule has 0 saturated heterocycles. The van der Waals surface area contributed by atoms with Crippen LogP contribution >= 0.6 is 0 Å². The van der Waals surface area contributed by atoms with Gasteiger partial charge in [0.2, 0.25) is 0 Å². The Balaban J connectivity index is 4.34. The number of esters is 1. The Kier molecular flexibility index (Phi) is 20.0. The zero-order valence-electron chi connectivity index (χ0n) is 21.9. The predicted molar refractivity (Wildman–Crippen MR) is 136 cm³/mol. The van der Waals surface area contributed by atoms with Crippen LogP contribution in [0.15, 0.2) is 12.2 Å². The lowest BCUT2D eigenvalue weighted by Crippen LogP contribution is -2.51. The van der Waals surface area contributed by atoms with E-state index in [2.05, 4.69) is 19.1 Å². The van der Waals surface area contributed by atoms with E-state index in [4.69, 9.17) is 14.9 Å². The summed E-state index contributed by atoms with van der Waals surface area (Å²) in [6.07, 6.45) is 17.0. The molecule has 5 N–H and O–H groups in total. The maximum absolute atomic E-state index is 12.4. The molecule has 210 valence electrons. The number of carbonyl (C=O) groups is 3. The molecule has 0 spiro atoms. The average Bonchev–Trinajstić information content (AvgIpc) is 2.83. The van der Waals surface area contributed by atoms with Gasteiger partial charge in [-0.05, 0) is 32.1 Å². The summed E-state index contributed by atoms with van der Waals surface area (Å²) in [4.78, 5) is 35.2. The quantitative estimate of drug-likeness (QED) is 0.0718. The van der Waals surface area contributed by atoms with Crippen molar-refractivity contribution in [3.05, 3.63) is 12.2 Å². The fraction of sp³-hybridized carbons (Fsp3) is 0.815. The zero-order chi connectivity index (χ0) is 27.2. The Bertz CT molecular complexity index is 635. The van der Waals surface area contributed by atoms with Crippen molar-refractivity contribution in [3.8, 4) is 0 Å². The lowest BCUT2D eigenvalue weighted by atomic mass is 9.81. The molecule has 0 fully saturated rings. The highest BCUT2D eigenvalue weighted by atomic mass is 16.5. The summed E-state index contributed by atoms with van der Waals surface area (Å²) in [5.41, 5.74) is -2.82. The topological polar surface area (TPSA) is 162 Å². The van der Waals surface area contributed by atoms with E-state index in [1.807, 2.05) is 0 Å². The van der Waals surface area contributed by atoms with Gasteiger partial charge in [0.1, 0.15) is 12.7 Å². The number of carbonyl (C=O) groups excluding carboxylic acids is 1. The molecule has 9 heteroatoms. The Morgan fingerprint density at radius 1 is 0.833 bits per heavy atom. The largest absolute Gasteiger partial charge is 0.481 e. The first-order valence-corrected chi connectivity index (χ1v) is 13.5. The first kappa shape index (κ1) is 34.0. The van der Waals surface area contributed by atoms with E-state index in [9.17, 15) is 29.7 Å². The molecule has 9 nitrogen and oxygen atoms in total. The summed E-state index contributed by atoms with van der Waals surface area (Å²) in [6.45, 7) is 0.979. The highest BCUT2D eigenvalue weighted by Crippen LogP contribution is 2.29. The second-order valence-corrected chi connectivity index (χ2v) is 9.55. The van der Waals surface area contributed by atoms with Crippen molar-refractivity contribution >= 4 is 17.9 Å². The number of aliphatic hydroxyl groups is 3. The van der Waals surface area contributed by atoms with Gasteiger partial charge in [-0.15, -0.1) is 0 Å². The van der Waals surface area contributed by atoms with Gasteiger partial charge in [0.25, 0.3) is 0 Å². The summed E-state index contributed by atoms with van der Waals surface area (Å²) in [5, 5.41) is 47.2. The van der Waals surface area contributed by atoms with Crippen LogP contribution in [0.3, 0.4) is 0 Å². The number of carboxylic acid groups (broad SMARTS) is 2. The Hall–Kier alpha value is -1.97. The third-order valence-electron chi connectivity index (χ3n) is 6.29. The Morgan fingerprint density at radius 3 is 1.81 bits per heavy atom. The van der Waals surface area contributed by atoms with Crippen LogP contribution in [-0.2, 0) is 19.1 Å². The maximum Gasteiger partial charge on any atom is 0.337 e. The van der Waals surface area contributed by atoms with Crippen LogP contribution in [0.5, 0.6) is 0 Å². The van der Waals surface area contributed by atoms with Crippen molar-refractivity contribution in [3.63, 3.8) is 0 Å². The van der Waals surface area contributed by atoms with Gasteiger partial charge in [0.15, 0.2) is 5.60 Å². The molecule has 0 bridgehead atoms. The van der Waals surface area contributed by atoms with Crippen LogP contribution in [-0.4, -0.2) is 68.4 Å². The third-order valence-corrected chi connectivity index (χ3v) is 6.29. The average molecular weight is 517 g/mol. The molecule has 3 atom stereocenters. The van der Waals surface area contributed by atoms with Gasteiger partial charge >= 0.3 is 17.9 Å². The van der Waals surface area contributed by atoms with E-state index < -0.39 is 55.2 Å². The first-order valence-electron chi connectivity index (χ1n) is 13.5. The first-order chi connectivity index (χ1) is 17.2. The van der Waals surface area contributed by atoms with E-state index in [-0.39, 0.29) is 6.42 Å². The molecule has 0 saturated carbocycles. The third kappa shape index (κ3) is 15.9. The number of aliphatic carboxylic acids is 2. The van der Waals surface area contributed by atoms with E-state index >= 15 is 0 Å². The number of ether oxygens (including phenoxy) is 1. The zero-order valence-corrected chi connectivity index (χ0v) is 21.9. The van der Waals surface area contributed by atoms with Crippen LogP contribution in [0.4, 0.5) is 0 Å². The fourth-order valence-corrected chi connectivity index (χ4v) is 4.06. The monoisotopic (exact) mass is 516 g/mol. The van der Waals surface area contributed by atoms with Gasteiger partial charge in [-0.25, -0.2) is 4.79 Å². The Labute approximate surface area is 215 Å². The maximum atomic E-state index is 12.4. The van der Waals surface area contributed by atoms with E-state index in [1.165, 1.54) is 38.5 Å². The number of aliphatic hydroxyl groups excluding tert-OH is 2. The van der Waals surface area contributed by atoms with Crippen molar-refractivity contribution in [1.82, 2.24) is 0 Å². The second kappa shape index (κ2) is 21.1. The molecule has 36 heavy (non-hydrogen) atoms. The predicted octanol–water partition coefficient (Wildman–Crippen LogP) is 4.22. The van der Waals surface area contributed by atoms with Gasteiger partial charge < -0.3 is 30.3 Å². The number of allylic oxidation sites excluding steroid dienone is 2. The standard InChI is InChI=1S/C27H48O9/c1-2-3-4-5-6-7-8-9-10-11-12-13-14-15-16-17-18-23(25(32)36-21-22(29)20-28)27(35,26(33)34)19-24(30)31/h9-10,22-23,28-29,35H,2-8,11-21H2,1H3,(H,30,31)(H,33,34)/b10-9-. The molecule has 0 aromatic carbocycles. The van der Waals surface area contributed by atoms with Crippen LogP contribution in [0, 0.1) is 5.92 Å². The molecule has 0 heterocycles. The molecular formula is C27H48O9. The summed E-state index contributed by atoms with van der Waals surface area (Å²) in [5.74, 6) is -6.09. The SMILES string of the molecule is CCCCCCCC/C=C\CCCCCCCCC(C(=O)OCC(O)CO)C(O)(CC(=O)O)C(=O)O. The van der Waals surface area contributed by atoms with E-state index in [0.717, 1.165) is 38.5 Å². The molecule has 0 rings (SSSR count). The highest BCUT2D eigenvalue weighted by molar-refractivity contribution is 5.90. The molecule has 0 aromatic heterocycles. The van der Waals surface area contributed by atoms with Crippen LogP contribution in [0.25, 0.3) is 0 Å². The van der Waals surface area contributed by atoms with E-state index in [1.54, 1.807) is 0 Å². The van der Waals surface area contributed by atoms with Crippen LogP contribution < -0.4 is 0 Å². The molecular weight excluding hydrogens is 468 g/mol. The Morgan fingerprint density at radius 2 is 1.33 bits per heavy atom. The highest BCUT2D eigenvalue weighted by Gasteiger charge is 2.50. The minimum atomic E-state index is -2.82. The van der Waals surface area contributed by atoms with E-state index in [0.29, 0.717) is 12.8 Å². The van der Waals surface area contributed by atoms with Gasteiger partial charge in [0.05, 0.1) is 18.9 Å². The molecule has 0 aromatic rings. The number of carboxylic acids is 2. The van der Waals surface area contributed by atoms with Gasteiger partial charge in [0, 0.05) is 0 Å². The second-order valence-electron chi connectivity index (χ2n) is 9.55. The normalized spacial score (nSPS) is 14.9. The van der Waals surface area contributed by atoms with Crippen molar-refractivity contribution in [2.45, 2.75) is 121 Å². The lowest BCUT2D eigenvalue weighted by Gasteiger charge is -2.30. The molecule has 3 unspecified atom stereocenters. The summed E-state index contributed by atoms with van der Waals surface area (Å²) in [7, 11) is 0. The van der Waals surface area contributed by atoms with Crippen molar-refractivity contribution < 1.29 is 44.7 Å². The van der Waals surface area contributed by atoms with Crippen LogP contribution in [0.2, 0.25) is 0 Å². The summed E-state index contributed by atoms with van der Waals surface area (Å²) >= 11 is 0. The molecule has 0 aliphatic carbocycles. The minimum Gasteiger partial charge on any atom is -0.481 e. The minimum absolute atomic E-state index is 0.0642. The number of unbranched alkanes of at least 4 members (excludes halogenated alkanes) is 12. The van der Waals surface area contributed by atoms with Crippen LogP contribution in [0.1, 0.15) is 110 Å². The van der Waals surface area contributed by atoms with Crippen molar-refractivity contribution in [2.75, 3.05) is 13.2 Å². The van der Waals surface area contributed by atoms with Gasteiger partial charge in [-0.2, -0.15) is 0 Å².